The lowest BCUT2D eigenvalue weighted by atomic mass is 10.2. The molecule has 2 N–H and O–H groups in total. The number of aliphatic hydroxyl groups excluding tert-OH is 2. The summed E-state index contributed by atoms with van der Waals surface area (Å²) in [6, 6.07) is 7.55. The van der Waals surface area contributed by atoms with Crippen molar-refractivity contribution in [3.05, 3.63) is 29.8 Å². The van der Waals surface area contributed by atoms with Crippen molar-refractivity contribution in [3.8, 4) is 5.75 Å². The summed E-state index contributed by atoms with van der Waals surface area (Å²) in [6.45, 7) is 9.82. The maximum Gasteiger partial charge on any atom is 0.119 e. The summed E-state index contributed by atoms with van der Waals surface area (Å²) in [5.74, 6) is 0.715. The van der Waals surface area contributed by atoms with Crippen LogP contribution in [-0.2, 0) is 0 Å². The van der Waals surface area contributed by atoms with Gasteiger partial charge in [0.15, 0.2) is 0 Å². The topological polar surface area (TPSA) is 49.7 Å². The minimum Gasteiger partial charge on any atom is -0.491 e. The standard InChI is InChI=1S/C10H14O3.2C2H6/c1-8-3-2-4-10(5-8)13-7-9(12)6-11;2*1-2/h2-5,9,11-12H,6-7H2,1H3;2*1-2H3. The van der Waals surface area contributed by atoms with E-state index in [0.29, 0.717) is 5.75 Å². The lowest BCUT2D eigenvalue weighted by Crippen LogP contribution is -2.21. The smallest absolute Gasteiger partial charge is 0.119 e. The van der Waals surface area contributed by atoms with Crippen molar-refractivity contribution in [1.29, 1.82) is 0 Å². The van der Waals surface area contributed by atoms with Gasteiger partial charge in [-0.15, -0.1) is 0 Å². The van der Waals surface area contributed by atoms with E-state index in [4.69, 9.17) is 14.9 Å². The van der Waals surface area contributed by atoms with Crippen LogP contribution in [0.2, 0.25) is 0 Å². The first-order valence-corrected chi connectivity index (χ1v) is 6.21. The third-order valence-electron chi connectivity index (χ3n) is 1.64. The second-order valence-electron chi connectivity index (χ2n) is 2.96. The number of ether oxygens (including phenoxy) is 1. The van der Waals surface area contributed by atoms with Crippen LogP contribution in [-0.4, -0.2) is 29.5 Å². The van der Waals surface area contributed by atoms with Gasteiger partial charge in [0.2, 0.25) is 0 Å². The molecule has 1 unspecified atom stereocenters. The highest BCUT2D eigenvalue weighted by molar-refractivity contribution is 5.27. The van der Waals surface area contributed by atoms with Crippen LogP contribution in [0.15, 0.2) is 24.3 Å². The molecule has 0 saturated heterocycles. The van der Waals surface area contributed by atoms with Crippen LogP contribution in [0.25, 0.3) is 0 Å². The fourth-order valence-electron chi connectivity index (χ4n) is 0.950. The molecule has 0 heterocycles. The Morgan fingerprint density at radius 1 is 1.18 bits per heavy atom. The summed E-state index contributed by atoms with van der Waals surface area (Å²) in [4.78, 5) is 0. The van der Waals surface area contributed by atoms with Gasteiger partial charge < -0.3 is 14.9 Å². The first kappa shape index (κ1) is 18.3. The molecule has 1 rings (SSSR count). The van der Waals surface area contributed by atoms with E-state index in [9.17, 15) is 0 Å². The Hall–Kier alpha value is -1.06. The molecule has 17 heavy (non-hydrogen) atoms. The predicted molar refractivity (Wildman–Crippen MR) is 72.5 cm³/mol. The summed E-state index contributed by atoms with van der Waals surface area (Å²) in [5.41, 5.74) is 1.11. The molecular formula is C14H26O3. The van der Waals surface area contributed by atoms with Crippen molar-refractivity contribution in [3.63, 3.8) is 0 Å². The molecule has 1 aromatic rings. The van der Waals surface area contributed by atoms with Gasteiger partial charge in [-0.1, -0.05) is 39.8 Å². The predicted octanol–water partition coefficient (Wildman–Crippen LogP) is 2.78. The molecule has 0 aliphatic rings. The first-order valence-electron chi connectivity index (χ1n) is 6.21. The molecule has 0 amide bonds. The number of benzene rings is 1. The van der Waals surface area contributed by atoms with Crippen molar-refractivity contribution in [2.45, 2.75) is 40.7 Å². The van der Waals surface area contributed by atoms with E-state index in [1.165, 1.54) is 0 Å². The van der Waals surface area contributed by atoms with Gasteiger partial charge in [0, 0.05) is 0 Å². The molecule has 1 aromatic carbocycles. The van der Waals surface area contributed by atoms with Gasteiger partial charge >= 0.3 is 0 Å². The van der Waals surface area contributed by atoms with E-state index in [0.717, 1.165) is 5.56 Å². The third kappa shape index (κ3) is 9.85. The van der Waals surface area contributed by atoms with E-state index in [1.807, 2.05) is 58.9 Å². The number of hydrogen-bond acceptors (Lipinski definition) is 3. The molecule has 3 heteroatoms. The van der Waals surface area contributed by atoms with Crippen LogP contribution in [0.5, 0.6) is 5.75 Å². The molecule has 0 aromatic heterocycles. The lowest BCUT2D eigenvalue weighted by molar-refractivity contribution is 0.0536. The van der Waals surface area contributed by atoms with Gasteiger partial charge in [0.1, 0.15) is 18.5 Å². The highest BCUT2D eigenvalue weighted by Crippen LogP contribution is 2.12. The van der Waals surface area contributed by atoms with Crippen LogP contribution in [0, 0.1) is 6.92 Å². The zero-order chi connectivity index (χ0) is 13.7. The van der Waals surface area contributed by atoms with Crippen LogP contribution < -0.4 is 4.74 Å². The van der Waals surface area contributed by atoms with Crippen molar-refractivity contribution in [2.75, 3.05) is 13.2 Å². The lowest BCUT2D eigenvalue weighted by Gasteiger charge is -2.09. The van der Waals surface area contributed by atoms with Gasteiger partial charge in [-0.25, -0.2) is 0 Å². The average molecular weight is 242 g/mol. The molecule has 1 atom stereocenters. The van der Waals surface area contributed by atoms with Crippen molar-refractivity contribution in [2.24, 2.45) is 0 Å². The van der Waals surface area contributed by atoms with E-state index < -0.39 is 6.10 Å². The van der Waals surface area contributed by atoms with E-state index in [1.54, 1.807) is 0 Å². The molecular weight excluding hydrogens is 216 g/mol. The average Bonchev–Trinajstić information content (AvgIpc) is 2.40. The molecule has 0 saturated carbocycles. The molecule has 0 aliphatic carbocycles. The van der Waals surface area contributed by atoms with Crippen molar-refractivity contribution >= 4 is 0 Å². The fraction of sp³-hybridized carbons (Fsp3) is 0.571. The summed E-state index contributed by atoms with van der Waals surface area (Å²) in [5, 5.41) is 17.6. The molecule has 0 bridgehead atoms. The van der Waals surface area contributed by atoms with Crippen LogP contribution in [0.1, 0.15) is 33.3 Å². The summed E-state index contributed by atoms with van der Waals surface area (Å²) >= 11 is 0. The molecule has 0 spiro atoms. The van der Waals surface area contributed by atoms with Crippen molar-refractivity contribution in [1.82, 2.24) is 0 Å². The number of hydrogen-bond donors (Lipinski definition) is 2. The Kier molecular flexibility index (Phi) is 14.0. The summed E-state index contributed by atoms with van der Waals surface area (Å²) in [7, 11) is 0. The van der Waals surface area contributed by atoms with E-state index >= 15 is 0 Å². The molecule has 3 nitrogen and oxygen atoms in total. The minimum absolute atomic E-state index is 0.125. The van der Waals surface area contributed by atoms with Gasteiger partial charge in [-0.3, -0.25) is 0 Å². The highest BCUT2D eigenvalue weighted by atomic mass is 16.5. The number of aryl methyl sites for hydroxylation is 1. The number of rotatable bonds is 4. The molecule has 0 fully saturated rings. The van der Waals surface area contributed by atoms with Gasteiger partial charge in [0.25, 0.3) is 0 Å². The largest absolute Gasteiger partial charge is 0.491 e. The Morgan fingerprint density at radius 3 is 2.24 bits per heavy atom. The molecule has 100 valence electrons. The van der Waals surface area contributed by atoms with Crippen LogP contribution in [0.4, 0.5) is 0 Å². The maximum absolute atomic E-state index is 9.01. The second kappa shape index (κ2) is 13.0. The second-order valence-corrected chi connectivity index (χ2v) is 2.96. The first-order chi connectivity index (χ1) is 8.22. The monoisotopic (exact) mass is 242 g/mol. The van der Waals surface area contributed by atoms with Gasteiger partial charge in [0.05, 0.1) is 6.61 Å². The Balaban J connectivity index is 0. The highest BCUT2D eigenvalue weighted by Gasteiger charge is 2.02. The SMILES string of the molecule is CC.CC.Cc1cccc(OCC(O)CO)c1. The number of aliphatic hydroxyl groups is 2. The Bertz CT molecular complexity index is 261. The maximum atomic E-state index is 9.01. The third-order valence-corrected chi connectivity index (χ3v) is 1.64. The fourth-order valence-corrected chi connectivity index (χ4v) is 0.950. The van der Waals surface area contributed by atoms with Gasteiger partial charge in [-0.05, 0) is 24.6 Å². The van der Waals surface area contributed by atoms with Crippen molar-refractivity contribution < 1.29 is 14.9 Å². The Morgan fingerprint density at radius 2 is 1.76 bits per heavy atom. The van der Waals surface area contributed by atoms with E-state index in [-0.39, 0.29) is 13.2 Å². The normalized spacial score (nSPS) is 10.3. The zero-order valence-electron chi connectivity index (χ0n) is 11.6. The van der Waals surface area contributed by atoms with E-state index in [2.05, 4.69) is 0 Å². The van der Waals surface area contributed by atoms with Crippen LogP contribution >= 0.6 is 0 Å². The quantitative estimate of drug-likeness (QED) is 0.853. The Labute approximate surface area is 105 Å². The summed E-state index contributed by atoms with van der Waals surface area (Å²) in [6.07, 6.45) is -0.805. The summed E-state index contributed by atoms with van der Waals surface area (Å²) < 4.78 is 5.23. The minimum atomic E-state index is -0.805. The molecule has 0 aliphatic heterocycles. The zero-order valence-corrected chi connectivity index (χ0v) is 11.6. The molecule has 0 radical (unpaired) electrons. The van der Waals surface area contributed by atoms with Crippen LogP contribution in [0.3, 0.4) is 0 Å². The van der Waals surface area contributed by atoms with Gasteiger partial charge in [-0.2, -0.15) is 0 Å².